The van der Waals surface area contributed by atoms with Gasteiger partial charge in [-0.1, -0.05) is 42.5 Å². The Bertz CT molecular complexity index is 968. The van der Waals surface area contributed by atoms with E-state index >= 15 is 0 Å². The van der Waals surface area contributed by atoms with Crippen molar-refractivity contribution in [3.63, 3.8) is 0 Å². The molecule has 2 amide bonds. The van der Waals surface area contributed by atoms with E-state index in [9.17, 15) is 27.2 Å². The molecule has 2 aliphatic rings. The van der Waals surface area contributed by atoms with Crippen LogP contribution in [-0.2, 0) is 9.59 Å². The van der Waals surface area contributed by atoms with Crippen LogP contribution in [0, 0.1) is 11.2 Å². The van der Waals surface area contributed by atoms with Crippen molar-refractivity contribution in [1.29, 1.82) is 0 Å². The van der Waals surface area contributed by atoms with Gasteiger partial charge in [-0.25, -0.2) is 4.39 Å². The molecule has 0 aliphatic carbocycles. The summed E-state index contributed by atoms with van der Waals surface area (Å²) in [7, 11) is 0. The predicted octanol–water partition coefficient (Wildman–Crippen LogP) is 4.38. The number of alkyl halides is 3. The number of halogens is 4. The van der Waals surface area contributed by atoms with Gasteiger partial charge in [0.05, 0.1) is 0 Å². The lowest BCUT2D eigenvalue weighted by molar-refractivity contribution is -0.173. The Morgan fingerprint density at radius 2 is 1.66 bits per heavy atom. The molecular formula is C24H24F4N2O2. The van der Waals surface area contributed by atoms with Crippen LogP contribution < -0.4 is 5.32 Å². The highest BCUT2D eigenvalue weighted by molar-refractivity contribution is 5.85. The standard InChI is InChI=1S/C24H24F4N2O2/c25-18-8-6-16(7-9-18)19-15-29-20(31)14-23(19)10-12-30(13-11-23)22(32)21(24(26,27)28)17-4-2-1-3-5-17/h1-9,19,21H,10-15H2,(H,29,31). The molecule has 2 atom stereocenters. The summed E-state index contributed by atoms with van der Waals surface area (Å²) in [5.74, 6) is -3.73. The molecule has 4 rings (SSSR count). The maximum Gasteiger partial charge on any atom is 0.404 e. The van der Waals surface area contributed by atoms with E-state index in [0.717, 1.165) is 5.56 Å². The van der Waals surface area contributed by atoms with Crippen LogP contribution in [0.3, 0.4) is 0 Å². The van der Waals surface area contributed by atoms with Crippen LogP contribution in [0.25, 0.3) is 0 Å². The fourth-order valence-corrected chi connectivity index (χ4v) is 5.10. The minimum atomic E-state index is -4.70. The minimum Gasteiger partial charge on any atom is -0.355 e. The maximum atomic E-state index is 13.8. The summed E-state index contributed by atoms with van der Waals surface area (Å²) >= 11 is 0. The summed E-state index contributed by atoms with van der Waals surface area (Å²) in [6, 6.07) is 13.3. The van der Waals surface area contributed by atoms with Crippen molar-refractivity contribution in [3.05, 3.63) is 71.5 Å². The highest BCUT2D eigenvalue weighted by Crippen LogP contribution is 2.49. The second-order valence-electron chi connectivity index (χ2n) is 8.66. The third-order valence-corrected chi connectivity index (χ3v) is 6.81. The van der Waals surface area contributed by atoms with Crippen molar-refractivity contribution < 1.29 is 27.2 Å². The average molecular weight is 448 g/mol. The fraction of sp³-hybridized carbons (Fsp3) is 0.417. The molecule has 0 saturated carbocycles. The number of nitrogens with one attached hydrogen (secondary N) is 1. The van der Waals surface area contributed by atoms with Gasteiger partial charge >= 0.3 is 6.18 Å². The van der Waals surface area contributed by atoms with Gasteiger partial charge in [0, 0.05) is 32.0 Å². The monoisotopic (exact) mass is 448 g/mol. The summed E-state index contributed by atoms with van der Waals surface area (Å²) in [6.45, 7) is 0.667. The van der Waals surface area contributed by atoms with Crippen molar-refractivity contribution >= 4 is 11.8 Å². The van der Waals surface area contributed by atoms with Crippen LogP contribution in [-0.4, -0.2) is 42.5 Å². The van der Waals surface area contributed by atoms with Crippen LogP contribution in [0.5, 0.6) is 0 Å². The lowest BCUT2D eigenvalue weighted by Crippen LogP contribution is -2.54. The normalized spacial score (nSPS) is 21.8. The number of amides is 2. The van der Waals surface area contributed by atoms with Gasteiger partial charge < -0.3 is 10.2 Å². The number of benzene rings is 2. The summed E-state index contributed by atoms with van der Waals surface area (Å²) in [5, 5.41) is 2.85. The van der Waals surface area contributed by atoms with Gasteiger partial charge in [0.25, 0.3) is 0 Å². The molecule has 170 valence electrons. The van der Waals surface area contributed by atoms with Gasteiger partial charge in [-0.3, -0.25) is 9.59 Å². The Hall–Kier alpha value is -2.90. The Balaban J connectivity index is 1.55. The number of hydrogen-bond acceptors (Lipinski definition) is 2. The number of rotatable bonds is 3. The maximum absolute atomic E-state index is 13.8. The van der Waals surface area contributed by atoms with Gasteiger partial charge in [-0.15, -0.1) is 0 Å². The first kappa shape index (κ1) is 22.3. The first-order chi connectivity index (χ1) is 15.2. The molecule has 0 radical (unpaired) electrons. The Kier molecular flexibility index (Phi) is 5.97. The van der Waals surface area contributed by atoms with E-state index in [1.807, 2.05) is 0 Å². The SMILES string of the molecule is O=C1CC2(CCN(C(=O)C(c3ccccc3)C(F)(F)F)CC2)C(c2ccc(F)cc2)CN1. The quantitative estimate of drug-likeness (QED) is 0.709. The topological polar surface area (TPSA) is 49.4 Å². The van der Waals surface area contributed by atoms with E-state index in [0.29, 0.717) is 19.4 Å². The van der Waals surface area contributed by atoms with Crippen LogP contribution in [0.2, 0.25) is 0 Å². The molecule has 2 saturated heterocycles. The van der Waals surface area contributed by atoms with Gasteiger partial charge in [-0.2, -0.15) is 13.2 Å². The summed E-state index contributed by atoms with van der Waals surface area (Å²) < 4.78 is 54.8. The third kappa shape index (κ3) is 4.36. The van der Waals surface area contributed by atoms with Crippen LogP contribution in [0.15, 0.2) is 54.6 Å². The number of carbonyl (C=O) groups excluding carboxylic acids is 2. The van der Waals surface area contributed by atoms with E-state index in [1.54, 1.807) is 18.2 Å². The van der Waals surface area contributed by atoms with Gasteiger partial charge in [0.1, 0.15) is 5.82 Å². The molecule has 2 heterocycles. The predicted molar refractivity (Wildman–Crippen MR) is 110 cm³/mol. The van der Waals surface area contributed by atoms with E-state index in [1.165, 1.54) is 41.3 Å². The van der Waals surface area contributed by atoms with Crippen molar-refractivity contribution in [2.45, 2.75) is 37.3 Å². The number of nitrogens with zero attached hydrogens (tertiary/aromatic N) is 1. The largest absolute Gasteiger partial charge is 0.404 e. The van der Waals surface area contributed by atoms with E-state index in [2.05, 4.69) is 5.32 Å². The van der Waals surface area contributed by atoms with Gasteiger partial charge in [0.2, 0.25) is 11.8 Å². The third-order valence-electron chi connectivity index (χ3n) is 6.81. The Labute approximate surface area is 183 Å². The highest BCUT2D eigenvalue weighted by atomic mass is 19.4. The summed E-state index contributed by atoms with van der Waals surface area (Å²) in [5.41, 5.74) is 0.326. The molecule has 2 aromatic rings. The zero-order valence-corrected chi connectivity index (χ0v) is 17.4. The number of carbonyl (C=O) groups is 2. The Morgan fingerprint density at radius 1 is 1.03 bits per heavy atom. The molecule has 1 spiro atoms. The van der Waals surface area contributed by atoms with Crippen molar-refractivity contribution in [1.82, 2.24) is 10.2 Å². The Morgan fingerprint density at radius 3 is 2.25 bits per heavy atom. The average Bonchev–Trinajstić information content (AvgIpc) is 2.75. The molecule has 0 bridgehead atoms. The van der Waals surface area contributed by atoms with Crippen LogP contribution >= 0.6 is 0 Å². The smallest absolute Gasteiger partial charge is 0.355 e. The molecule has 2 fully saturated rings. The fourth-order valence-electron chi connectivity index (χ4n) is 5.10. The molecule has 2 unspecified atom stereocenters. The zero-order valence-electron chi connectivity index (χ0n) is 17.4. The molecular weight excluding hydrogens is 424 g/mol. The van der Waals surface area contributed by atoms with E-state index < -0.39 is 23.4 Å². The van der Waals surface area contributed by atoms with Crippen molar-refractivity contribution in [2.75, 3.05) is 19.6 Å². The number of hydrogen-bond donors (Lipinski definition) is 1. The van der Waals surface area contributed by atoms with E-state index in [-0.39, 0.29) is 42.7 Å². The minimum absolute atomic E-state index is 0.0773. The number of likely N-dealkylation sites (tertiary alicyclic amines) is 1. The first-order valence-electron chi connectivity index (χ1n) is 10.6. The lowest BCUT2D eigenvalue weighted by atomic mass is 9.62. The second-order valence-corrected chi connectivity index (χ2v) is 8.66. The van der Waals surface area contributed by atoms with Crippen LogP contribution in [0.1, 0.15) is 42.2 Å². The van der Waals surface area contributed by atoms with E-state index in [4.69, 9.17) is 0 Å². The first-order valence-corrected chi connectivity index (χ1v) is 10.6. The summed E-state index contributed by atoms with van der Waals surface area (Å²) in [4.78, 5) is 26.4. The molecule has 2 aliphatic heterocycles. The molecule has 2 aromatic carbocycles. The number of piperidine rings is 2. The van der Waals surface area contributed by atoms with Gasteiger partial charge in [0.15, 0.2) is 5.92 Å². The van der Waals surface area contributed by atoms with Crippen molar-refractivity contribution in [3.8, 4) is 0 Å². The summed E-state index contributed by atoms with van der Waals surface area (Å²) in [6.07, 6.45) is -3.64. The van der Waals surface area contributed by atoms with Gasteiger partial charge in [-0.05, 0) is 41.5 Å². The lowest BCUT2D eigenvalue weighted by Gasteiger charge is -2.49. The van der Waals surface area contributed by atoms with Crippen LogP contribution in [0.4, 0.5) is 17.6 Å². The zero-order chi connectivity index (χ0) is 22.9. The molecule has 8 heteroatoms. The second kappa shape index (κ2) is 8.56. The molecule has 0 aromatic heterocycles. The molecule has 32 heavy (non-hydrogen) atoms. The van der Waals surface area contributed by atoms with Crippen molar-refractivity contribution in [2.24, 2.45) is 5.41 Å². The molecule has 4 nitrogen and oxygen atoms in total. The molecule has 1 N–H and O–H groups in total. The highest BCUT2D eigenvalue weighted by Gasteiger charge is 2.51.